The maximum absolute atomic E-state index is 6.36. The summed E-state index contributed by atoms with van der Waals surface area (Å²) in [7, 11) is 0. The molecule has 5 nitrogen and oxygen atoms in total. The second-order valence-electron chi connectivity index (χ2n) is 8.52. The number of aromatic nitrogens is 2. The summed E-state index contributed by atoms with van der Waals surface area (Å²) in [5.74, 6) is 1.87. The Balaban J connectivity index is 0.00000158. The smallest absolute Gasteiger partial charge is 0.137 e. The first-order valence-electron chi connectivity index (χ1n) is 12.5. The first-order chi connectivity index (χ1) is 16.6. The summed E-state index contributed by atoms with van der Waals surface area (Å²) >= 11 is 0. The van der Waals surface area contributed by atoms with E-state index in [1.54, 1.807) is 18.6 Å². The highest BCUT2D eigenvalue weighted by atomic mass is 16.5. The molecule has 1 fully saturated rings. The summed E-state index contributed by atoms with van der Waals surface area (Å²) in [6.45, 7) is 14.0. The van der Waals surface area contributed by atoms with Crippen LogP contribution >= 0.6 is 0 Å². The van der Waals surface area contributed by atoms with Crippen molar-refractivity contribution in [1.82, 2.24) is 9.97 Å². The highest BCUT2D eigenvalue weighted by Gasteiger charge is 2.45. The molecule has 34 heavy (non-hydrogen) atoms. The predicted octanol–water partition coefficient (Wildman–Crippen LogP) is 7.64. The average molecular weight is 459 g/mol. The lowest BCUT2D eigenvalue weighted by Crippen LogP contribution is -2.48. The quantitative estimate of drug-likeness (QED) is 0.433. The van der Waals surface area contributed by atoms with E-state index >= 15 is 0 Å². The third kappa shape index (κ3) is 5.46. The summed E-state index contributed by atoms with van der Waals surface area (Å²) in [4.78, 5) is 13.7. The molecule has 0 amide bonds. The minimum Gasteiger partial charge on any atom is -0.491 e. The van der Waals surface area contributed by atoms with Crippen molar-refractivity contribution in [1.29, 1.82) is 0 Å². The lowest BCUT2D eigenvalue weighted by molar-refractivity contribution is -0.0793. The Morgan fingerprint density at radius 2 is 2.09 bits per heavy atom. The molecule has 2 aliphatic rings. The number of rotatable bonds is 7. The van der Waals surface area contributed by atoms with Crippen LogP contribution in [0.25, 0.3) is 16.6 Å². The van der Waals surface area contributed by atoms with Gasteiger partial charge in [0.2, 0.25) is 0 Å². The van der Waals surface area contributed by atoms with Gasteiger partial charge in [0, 0.05) is 29.2 Å². The number of aliphatic imine (C=N–C) groups is 1. The molecule has 1 atom stereocenters. The van der Waals surface area contributed by atoms with Gasteiger partial charge in [-0.3, -0.25) is 4.99 Å². The average Bonchev–Trinajstić information content (AvgIpc) is 2.84. The van der Waals surface area contributed by atoms with E-state index in [0.717, 1.165) is 59.4 Å². The van der Waals surface area contributed by atoms with Crippen LogP contribution in [0.5, 0.6) is 0 Å². The molecular formula is C29H38N4O. The van der Waals surface area contributed by atoms with Crippen LogP contribution in [0.4, 0.5) is 5.82 Å². The van der Waals surface area contributed by atoms with E-state index in [-0.39, 0.29) is 11.6 Å². The summed E-state index contributed by atoms with van der Waals surface area (Å²) < 4.78 is 6.36. The normalized spacial score (nSPS) is 19.7. The van der Waals surface area contributed by atoms with Gasteiger partial charge in [-0.2, -0.15) is 0 Å². The van der Waals surface area contributed by atoms with Crippen LogP contribution in [0.2, 0.25) is 0 Å². The van der Waals surface area contributed by atoms with Gasteiger partial charge in [0.15, 0.2) is 0 Å². The zero-order chi connectivity index (χ0) is 24.6. The van der Waals surface area contributed by atoms with Crippen LogP contribution in [0, 0.1) is 0 Å². The fourth-order valence-electron chi connectivity index (χ4n) is 4.64. The van der Waals surface area contributed by atoms with Crippen molar-refractivity contribution in [2.75, 3.05) is 5.32 Å². The SMILES string of the molecule is C=CC=N/C(=C\CC)c1ccc2c(NC3CC4(CCC4)OC(C)=C3/C=C\C)ncnc2c1.CC. The molecular weight excluding hydrogens is 420 g/mol. The highest BCUT2D eigenvalue weighted by Crippen LogP contribution is 2.46. The Morgan fingerprint density at radius 1 is 1.29 bits per heavy atom. The first kappa shape index (κ1) is 25.4. The van der Waals surface area contributed by atoms with Crippen molar-refractivity contribution in [3.05, 3.63) is 72.3 Å². The van der Waals surface area contributed by atoms with Crippen molar-refractivity contribution >= 4 is 28.6 Å². The highest BCUT2D eigenvalue weighted by molar-refractivity contribution is 5.92. The Bertz CT molecular complexity index is 1120. The number of benzene rings is 1. The predicted molar refractivity (Wildman–Crippen MR) is 145 cm³/mol. The molecule has 1 aliphatic heterocycles. The van der Waals surface area contributed by atoms with Crippen molar-refractivity contribution in [3.8, 4) is 0 Å². The lowest BCUT2D eigenvalue weighted by Gasteiger charge is -2.48. The van der Waals surface area contributed by atoms with Crippen molar-refractivity contribution in [2.24, 2.45) is 4.99 Å². The molecule has 180 valence electrons. The minimum absolute atomic E-state index is 0.0220. The van der Waals surface area contributed by atoms with Crippen LogP contribution in [0.1, 0.15) is 72.3 Å². The standard InChI is InChI=1S/C27H32N4O.C2H6/c1-5-9-21-19(4)32-27(13-8-14-27)17-25(21)31-26-22-12-11-20(16-24(22)29-18-30-26)23(10-6-2)28-15-7-3;1-2/h5,7,9-12,15-16,18,25H,3,6,8,13-14,17H2,1-2,4H3,(H,29,30,31);1-2H3/b9-5-,23-10-,28-15?;. The van der Waals surface area contributed by atoms with E-state index in [4.69, 9.17) is 4.74 Å². The second kappa shape index (κ2) is 11.8. The van der Waals surface area contributed by atoms with E-state index in [2.05, 4.69) is 77.1 Å². The number of nitrogens with one attached hydrogen (secondary N) is 1. The molecule has 1 spiro atoms. The molecule has 1 unspecified atom stereocenters. The van der Waals surface area contributed by atoms with E-state index in [9.17, 15) is 0 Å². The molecule has 2 heterocycles. The van der Waals surface area contributed by atoms with E-state index in [0.29, 0.717) is 0 Å². The molecule has 1 N–H and O–H groups in total. The van der Waals surface area contributed by atoms with E-state index < -0.39 is 0 Å². The molecule has 1 aliphatic carbocycles. The molecule has 0 saturated heterocycles. The van der Waals surface area contributed by atoms with Gasteiger partial charge in [0.25, 0.3) is 0 Å². The summed E-state index contributed by atoms with van der Waals surface area (Å²) in [6, 6.07) is 6.41. The monoisotopic (exact) mass is 458 g/mol. The fraction of sp³-hybridized carbons (Fsp3) is 0.414. The Morgan fingerprint density at radius 3 is 2.74 bits per heavy atom. The third-order valence-corrected chi connectivity index (χ3v) is 6.30. The molecule has 2 aromatic rings. The number of nitrogens with zero attached hydrogens (tertiary/aromatic N) is 3. The number of anilines is 1. The maximum Gasteiger partial charge on any atom is 0.137 e. The molecule has 5 heteroatoms. The van der Waals surface area contributed by atoms with Crippen LogP contribution in [-0.2, 0) is 4.74 Å². The molecule has 4 rings (SSSR count). The number of hydrogen-bond donors (Lipinski definition) is 1. The number of fused-ring (bicyclic) bond motifs is 1. The van der Waals surface area contributed by atoms with Crippen LogP contribution in [0.15, 0.2) is 71.7 Å². The van der Waals surface area contributed by atoms with Gasteiger partial charge >= 0.3 is 0 Å². The number of hydrogen-bond acceptors (Lipinski definition) is 5. The molecule has 0 bridgehead atoms. The van der Waals surface area contributed by atoms with Crippen LogP contribution in [0.3, 0.4) is 0 Å². The number of allylic oxidation sites excluding steroid dienone is 4. The summed E-state index contributed by atoms with van der Waals surface area (Å²) in [5, 5.41) is 4.73. The van der Waals surface area contributed by atoms with Gasteiger partial charge in [0.05, 0.1) is 23.0 Å². The van der Waals surface area contributed by atoms with Gasteiger partial charge in [-0.05, 0) is 51.7 Å². The zero-order valence-electron chi connectivity index (χ0n) is 21.3. The van der Waals surface area contributed by atoms with Gasteiger partial charge in [-0.1, -0.05) is 57.7 Å². The lowest BCUT2D eigenvalue weighted by atomic mass is 9.73. The van der Waals surface area contributed by atoms with E-state index in [1.165, 1.54) is 12.0 Å². The third-order valence-electron chi connectivity index (χ3n) is 6.30. The largest absolute Gasteiger partial charge is 0.491 e. The molecule has 1 aromatic heterocycles. The van der Waals surface area contributed by atoms with Gasteiger partial charge in [-0.25, -0.2) is 9.97 Å². The van der Waals surface area contributed by atoms with Crippen molar-refractivity contribution < 1.29 is 4.74 Å². The Hall–Kier alpha value is -3.21. The van der Waals surface area contributed by atoms with E-state index in [1.807, 2.05) is 20.8 Å². The fourth-order valence-corrected chi connectivity index (χ4v) is 4.64. The summed E-state index contributed by atoms with van der Waals surface area (Å²) in [5.41, 5.74) is 4.03. The Labute approximate surface area is 204 Å². The van der Waals surface area contributed by atoms with Gasteiger partial charge in [-0.15, -0.1) is 0 Å². The minimum atomic E-state index is -0.0220. The second-order valence-corrected chi connectivity index (χ2v) is 8.52. The van der Waals surface area contributed by atoms with Crippen molar-refractivity contribution in [2.45, 2.75) is 78.4 Å². The topological polar surface area (TPSA) is 59.4 Å². The Kier molecular flexibility index (Phi) is 8.80. The zero-order valence-corrected chi connectivity index (χ0v) is 21.3. The maximum atomic E-state index is 6.36. The van der Waals surface area contributed by atoms with Crippen molar-refractivity contribution in [3.63, 3.8) is 0 Å². The molecule has 1 saturated carbocycles. The van der Waals surface area contributed by atoms with Gasteiger partial charge < -0.3 is 10.1 Å². The summed E-state index contributed by atoms with van der Waals surface area (Å²) in [6.07, 6.45) is 16.7. The van der Waals surface area contributed by atoms with Gasteiger partial charge in [0.1, 0.15) is 17.7 Å². The van der Waals surface area contributed by atoms with Crippen LogP contribution in [-0.4, -0.2) is 27.8 Å². The molecule has 0 radical (unpaired) electrons. The first-order valence-corrected chi connectivity index (χ1v) is 12.5. The van der Waals surface area contributed by atoms with Crippen LogP contribution < -0.4 is 5.32 Å². The molecule has 1 aromatic carbocycles. The number of ether oxygens (including phenoxy) is 1.